The zero-order valence-corrected chi connectivity index (χ0v) is 15.4. The van der Waals surface area contributed by atoms with E-state index in [2.05, 4.69) is 10.6 Å². The summed E-state index contributed by atoms with van der Waals surface area (Å²) >= 11 is 0. The molecule has 1 fully saturated rings. The van der Waals surface area contributed by atoms with E-state index < -0.39 is 35.8 Å². The summed E-state index contributed by atoms with van der Waals surface area (Å²) in [5, 5.41) is 53.3. The normalized spacial score (nSPS) is 12.4. The van der Waals surface area contributed by atoms with Crippen molar-refractivity contribution >= 4 is 35.8 Å². The monoisotopic (exact) mass is 434 g/mol. The quantitative estimate of drug-likeness (QED) is 0.217. The zero-order chi connectivity index (χ0) is 23.9. The molecule has 0 saturated carbocycles. The highest BCUT2D eigenvalue weighted by atomic mass is 16.4. The number of piperazine rings is 1. The molecule has 0 radical (unpaired) electrons. The lowest BCUT2D eigenvalue weighted by atomic mass is 10.4. The molecule has 0 aliphatic carbocycles. The Kier molecular flexibility index (Phi) is 21.7. The van der Waals surface area contributed by atoms with E-state index in [1.54, 1.807) is 0 Å². The van der Waals surface area contributed by atoms with Gasteiger partial charge < -0.3 is 41.3 Å². The molecule has 1 rings (SSSR count). The average molecular weight is 434 g/mol. The van der Waals surface area contributed by atoms with E-state index in [0.717, 1.165) is 26.2 Å². The molecular weight excluding hydrogens is 412 g/mol. The Morgan fingerprint density at radius 3 is 0.600 bits per heavy atom. The van der Waals surface area contributed by atoms with Crippen molar-refractivity contribution in [1.29, 1.82) is 0 Å². The van der Waals surface area contributed by atoms with Crippen molar-refractivity contribution in [2.45, 2.75) is 0 Å². The van der Waals surface area contributed by atoms with Crippen molar-refractivity contribution in [3.63, 3.8) is 0 Å². The predicted octanol–water partition coefficient (Wildman–Crippen LogP) is -1.69. The largest absolute Gasteiger partial charge is 0.478 e. The SMILES string of the molecule is C1CNCCN1.O=C(O)C=CC(=O)O.O=C(O)C=CC(=O)O.O=C(O)C=CC(=O)O. The first kappa shape index (κ1) is 30.7. The first-order valence-electron chi connectivity index (χ1n) is 7.71. The highest BCUT2D eigenvalue weighted by molar-refractivity contribution is 5.90. The molecule has 0 amide bonds. The first-order valence-corrected chi connectivity index (χ1v) is 7.71. The van der Waals surface area contributed by atoms with Crippen molar-refractivity contribution in [3.8, 4) is 0 Å². The summed E-state index contributed by atoms with van der Waals surface area (Å²) in [6, 6.07) is 0. The van der Waals surface area contributed by atoms with Gasteiger partial charge in [-0.2, -0.15) is 0 Å². The topological polar surface area (TPSA) is 248 Å². The van der Waals surface area contributed by atoms with Gasteiger partial charge in [-0.1, -0.05) is 0 Å². The fraction of sp³-hybridized carbons (Fsp3) is 0.250. The lowest BCUT2D eigenvalue weighted by Crippen LogP contribution is -2.39. The molecule has 0 aromatic carbocycles. The fourth-order valence-electron chi connectivity index (χ4n) is 1.03. The molecule has 0 atom stereocenters. The van der Waals surface area contributed by atoms with Gasteiger partial charge in [-0.3, -0.25) is 0 Å². The molecule has 30 heavy (non-hydrogen) atoms. The fourth-order valence-corrected chi connectivity index (χ4v) is 1.03. The molecule has 1 saturated heterocycles. The number of hydrogen-bond acceptors (Lipinski definition) is 8. The average Bonchev–Trinajstić information content (AvgIpc) is 2.66. The Labute approximate surface area is 169 Å². The van der Waals surface area contributed by atoms with Gasteiger partial charge in [0.2, 0.25) is 0 Å². The second-order valence-corrected chi connectivity index (χ2v) is 4.53. The molecule has 0 spiro atoms. The highest BCUT2D eigenvalue weighted by Gasteiger charge is 1.92. The van der Waals surface area contributed by atoms with Crippen LogP contribution in [0.15, 0.2) is 36.5 Å². The van der Waals surface area contributed by atoms with Crippen molar-refractivity contribution in [3.05, 3.63) is 36.5 Å². The summed E-state index contributed by atoms with van der Waals surface area (Å²) in [4.78, 5) is 57.3. The van der Waals surface area contributed by atoms with Crippen molar-refractivity contribution in [2.75, 3.05) is 26.2 Å². The van der Waals surface area contributed by atoms with Crippen LogP contribution in [0.1, 0.15) is 0 Å². The van der Waals surface area contributed by atoms with Crippen LogP contribution >= 0.6 is 0 Å². The van der Waals surface area contributed by atoms with Crippen LogP contribution in [-0.2, 0) is 28.8 Å². The molecule has 1 aliphatic heterocycles. The van der Waals surface area contributed by atoms with Gasteiger partial charge in [-0.25, -0.2) is 28.8 Å². The second kappa shape index (κ2) is 21.3. The third-order valence-electron chi connectivity index (χ3n) is 2.06. The summed E-state index contributed by atoms with van der Waals surface area (Å²) in [5.41, 5.74) is 0. The summed E-state index contributed by atoms with van der Waals surface area (Å²) < 4.78 is 0. The second-order valence-electron chi connectivity index (χ2n) is 4.53. The van der Waals surface area contributed by atoms with E-state index in [0.29, 0.717) is 36.5 Å². The Morgan fingerprint density at radius 1 is 0.400 bits per heavy atom. The van der Waals surface area contributed by atoms with Crippen molar-refractivity contribution in [2.24, 2.45) is 0 Å². The van der Waals surface area contributed by atoms with Crippen LogP contribution in [0.4, 0.5) is 0 Å². The molecule has 0 aromatic heterocycles. The molecule has 14 nitrogen and oxygen atoms in total. The Bertz CT molecular complexity index is 523. The number of carbonyl (C=O) groups is 6. The van der Waals surface area contributed by atoms with Gasteiger partial charge in [-0.15, -0.1) is 0 Å². The van der Waals surface area contributed by atoms with Gasteiger partial charge in [-0.05, 0) is 0 Å². The van der Waals surface area contributed by atoms with Crippen LogP contribution in [0.25, 0.3) is 0 Å². The first-order chi connectivity index (χ1) is 13.9. The number of nitrogens with one attached hydrogen (secondary N) is 2. The van der Waals surface area contributed by atoms with Crippen molar-refractivity contribution < 1.29 is 59.4 Å². The van der Waals surface area contributed by atoms with E-state index in [1.165, 1.54) is 0 Å². The highest BCUT2D eigenvalue weighted by Crippen LogP contribution is 1.71. The Morgan fingerprint density at radius 2 is 0.533 bits per heavy atom. The third kappa shape index (κ3) is 43.9. The van der Waals surface area contributed by atoms with E-state index in [4.69, 9.17) is 30.6 Å². The van der Waals surface area contributed by atoms with Crippen LogP contribution in [0, 0.1) is 0 Å². The Balaban J connectivity index is -0.000000325. The van der Waals surface area contributed by atoms with Crippen LogP contribution in [0.5, 0.6) is 0 Å². The van der Waals surface area contributed by atoms with Crippen LogP contribution in [-0.4, -0.2) is 92.6 Å². The van der Waals surface area contributed by atoms with Gasteiger partial charge >= 0.3 is 35.8 Å². The summed E-state index contributed by atoms with van der Waals surface area (Å²) in [6.45, 7) is 4.56. The van der Waals surface area contributed by atoms with Gasteiger partial charge in [0, 0.05) is 62.6 Å². The molecule has 14 heteroatoms. The smallest absolute Gasteiger partial charge is 0.328 e. The predicted molar refractivity (Wildman–Crippen MR) is 99.0 cm³/mol. The molecule has 0 unspecified atom stereocenters. The van der Waals surface area contributed by atoms with Crippen LogP contribution in [0.3, 0.4) is 0 Å². The number of hydrogen-bond donors (Lipinski definition) is 8. The lowest BCUT2D eigenvalue weighted by molar-refractivity contribution is -0.134. The maximum atomic E-state index is 9.55. The number of carboxylic acid groups (broad SMARTS) is 6. The van der Waals surface area contributed by atoms with Crippen LogP contribution in [0.2, 0.25) is 0 Å². The van der Waals surface area contributed by atoms with Crippen molar-refractivity contribution in [1.82, 2.24) is 10.6 Å². The maximum absolute atomic E-state index is 9.55. The number of aliphatic carboxylic acids is 6. The van der Waals surface area contributed by atoms with Gasteiger partial charge in [0.15, 0.2) is 0 Å². The molecule has 1 aliphatic rings. The molecule has 0 aromatic rings. The molecule has 168 valence electrons. The minimum Gasteiger partial charge on any atom is -0.478 e. The van der Waals surface area contributed by atoms with E-state index in [9.17, 15) is 28.8 Å². The third-order valence-corrected chi connectivity index (χ3v) is 2.06. The van der Waals surface area contributed by atoms with E-state index in [1.807, 2.05) is 0 Å². The zero-order valence-electron chi connectivity index (χ0n) is 15.4. The Hall–Kier alpha value is -4.04. The molecule has 0 bridgehead atoms. The van der Waals surface area contributed by atoms with E-state index in [-0.39, 0.29) is 0 Å². The molecule has 1 heterocycles. The van der Waals surface area contributed by atoms with Gasteiger partial charge in [0.1, 0.15) is 0 Å². The minimum absolute atomic E-state index is 0.558. The van der Waals surface area contributed by atoms with Crippen LogP contribution < -0.4 is 10.6 Å². The molecular formula is C16H22N2O12. The molecule has 8 N–H and O–H groups in total. The summed E-state index contributed by atoms with van der Waals surface area (Å²) in [6.07, 6.45) is 3.35. The standard InChI is InChI=1S/C4H10N2.3C4H4O4/c1-2-6-4-3-5-1;3*5-3(6)1-2-4(7)8/h5-6H,1-4H2;3*1-2H,(H,5,6)(H,7,8). The van der Waals surface area contributed by atoms with Gasteiger partial charge in [0.05, 0.1) is 0 Å². The maximum Gasteiger partial charge on any atom is 0.328 e. The lowest BCUT2D eigenvalue weighted by Gasteiger charge is -2.11. The van der Waals surface area contributed by atoms with E-state index >= 15 is 0 Å². The summed E-state index contributed by atoms with van der Waals surface area (Å²) in [5.74, 6) is -7.54. The minimum atomic E-state index is -1.26. The number of carboxylic acids is 6. The van der Waals surface area contributed by atoms with Gasteiger partial charge in [0.25, 0.3) is 0 Å². The number of rotatable bonds is 6. The summed E-state index contributed by atoms with van der Waals surface area (Å²) in [7, 11) is 0.